The molecule has 0 saturated heterocycles. The summed E-state index contributed by atoms with van der Waals surface area (Å²) in [6.45, 7) is 0.718. The van der Waals surface area contributed by atoms with Gasteiger partial charge in [0, 0.05) is 26.2 Å². The summed E-state index contributed by atoms with van der Waals surface area (Å²) in [5.41, 5.74) is -1.63. The van der Waals surface area contributed by atoms with Crippen LogP contribution in [0, 0.1) is 0 Å². The van der Waals surface area contributed by atoms with Crippen molar-refractivity contribution in [3.05, 3.63) is 82.9 Å². The van der Waals surface area contributed by atoms with E-state index in [0.717, 1.165) is 38.4 Å². The van der Waals surface area contributed by atoms with Crippen LogP contribution >= 0.6 is 23.1 Å². The van der Waals surface area contributed by atoms with Gasteiger partial charge >= 0.3 is 6.18 Å². The van der Waals surface area contributed by atoms with Gasteiger partial charge in [0.1, 0.15) is 0 Å². The quantitative estimate of drug-likeness (QED) is 0.230. The first-order valence-electron chi connectivity index (χ1n) is 11.8. The van der Waals surface area contributed by atoms with E-state index in [9.17, 15) is 26.7 Å². The molecule has 1 aliphatic rings. The zero-order valence-corrected chi connectivity index (χ0v) is 22.9. The fourth-order valence-electron chi connectivity index (χ4n) is 4.29. The molecule has 2 aromatic carbocycles. The van der Waals surface area contributed by atoms with Gasteiger partial charge in [0.2, 0.25) is 10.0 Å². The third kappa shape index (κ3) is 5.10. The van der Waals surface area contributed by atoms with Crippen molar-refractivity contribution in [3.63, 3.8) is 0 Å². The predicted molar refractivity (Wildman–Crippen MR) is 146 cm³/mol. The minimum Gasteiger partial charge on any atom is -0.376 e. The van der Waals surface area contributed by atoms with E-state index in [1.54, 1.807) is 12.1 Å². The standard InChI is InChI=1S/C27H25F3N2O3S3/c1-26(33,27(28,29)30)17-12-13-31-21(15-17)19-8-5-6-16-14-23(37-25(16)19)24(32-38(34,35)18-10-11-18)20-7-3-4-9-22(20)36-2/h3-9,12-15,18,24,32-33H,10-11H2,1-2H3/t24-,26-/m1/s1. The maximum atomic E-state index is 13.5. The largest absolute Gasteiger partial charge is 0.421 e. The number of thiophene rings is 1. The molecule has 2 aromatic heterocycles. The lowest BCUT2D eigenvalue weighted by atomic mass is 9.94. The average Bonchev–Trinajstić information content (AvgIpc) is 3.66. The molecule has 0 aliphatic heterocycles. The van der Waals surface area contributed by atoms with E-state index in [0.29, 0.717) is 18.4 Å². The molecule has 0 radical (unpaired) electrons. The number of halogens is 3. The summed E-state index contributed by atoms with van der Waals surface area (Å²) in [6.07, 6.45) is -0.411. The van der Waals surface area contributed by atoms with E-state index >= 15 is 0 Å². The molecule has 5 nitrogen and oxygen atoms in total. The Morgan fingerprint density at radius 1 is 1.11 bits per heavy atom. The van der Waals surface area contributed by atoms with Crippen LogP contribution in [0.4, 0.5) is 13.2 Å². The van der Waals surface area contributed by atoms with Crippen LogP contribution in [0.1, 0.15) is 41.8 Å². The van der Waals surface area contributed by atoms with Crippen LogP contribution < -0.4 is 4.72 Å². The summed E-state index contributed by atoms with van der Waals surface area (Å²) >= 11 is 2.90. The van der Waals surface area contributed by atoms with E-state index in [2.05, 4.69) is 9.71 Å². The Bertz CT molecular complexity index is 1600. The second-order valence-corrected chi connectivity index (χ2v) is 13.3. The van der Waals surface area contributed by atoms with Crippen LogP contribution in [-0.2, 0) is 15.6 Å². The zero-order valence-electron chi connectivity index (χ0n) is 20.5. The highest BCUT2D eigenvalue weighted by Gasteiger charge is 2.51. The third-order valence-electron chi connectivity index (χ3n) is 6.69. The molecule has 2 atom stereocenters. The summed E-state index contributed by atoms with van der Waals surface area (Å²) in [4.78, 5) is 6.00. The van der Waals surface area contributed by atoms with Gasteiger partial charge < -0.3 is 5.11 Å². The molecule has 0 unspecified atom stereocenters. The maximum Gasteiger partial charge on any atom is 0.421 e. The Balaban J connectivity index is 1.63. The summed E-state index contributed by atoms with van der Waals surface area (Å²) in [6, 6.07) is 16.7. The lowest BCUT2D eigenvalue weighted by Gasteiger charge is -2.26. The van der Waals surface area contributed by atoms with Crippen molar-refractivity contribution in [2.24, 2.45) is 0 Å². The van der Waals surface area contributed by atoms with Crippen LogP contribution in [-0.4, -0.2) is 36.2 Å². The van der Waals surface area contributed by atoms with E-state index in [4.69, 9.17) is 0 Å². The third-order valence-corrected chi connectivity index (χ3v) is 10.7. The smallest absolute Gasteiger partial charge is 0.376 e. The van der Waals surface area contributed by atoms with Gasteiger partial charge in [-0.25, -0.2) is 13.1 Å². The molecular weight excluding hydrogens is 554 g/mol. The van der Waals surface area contributed by atoms with Gasteiger partial charge in [-0.3, -0.25) is 4.98 Å². The number of alkyl halides is 3. The molecule has 0 bridgehead atoms. The fraction of sp³-hybridized carbons (Fsp3) is 0.296. The molecule has 11 heteroatoms. The minimum atomic E-state index is -4.86. The number of aliphatic hydroxyl groups is 1. The Morgan fingerprint density at radius 3 is 2.53 bits per heavy atom. The second kappa shape index (κ2) is 9.95. The lowest BCUT2D eigenvalue weighted by Crippen LogP contribution is -2.39. The van der Waals surface area contributed by atoms with Crippen LogP contribution in [0.15, 0.2) is 71.8 Å². The van der Waals surface area contributed by atoms with Crippen molar-refractivity contribution >= 4 is 43.2 Å². The van der Waals surface area contributed by atoms with Crippen LogP contribution in [0.5, 0.6) is 0 Å². The first kappa shape index (κ1) is 27.1. The Hall–Kier alpha value is -2.44. The van der Waals surface area contributed by atoms with Crippen LogP contribution in [0.3, 0.4) is 0 Å². The number of sulfonamides is 1. The maximum absolute atomic E-state index is 13.5. The Kier molecular flexibility index (Phi) is 7.10. The number of nitrogens with zero attached hydrogens (tertiary/aromatic N) is 1. The highest BCUT2D eigenvalue weighted by molar-refractivity contribution is 7.98. The van der Waals surface area contributed by atoms with E-state index in [1.807, 2.05) is 42.7 Å². The van der Waals surface area contributed by atoms with Gasteiger partial charge in [0.05, 0.1) is 17.0 Å². The lowest BCUT2D eigenvalue weighted by molar-refractivity contribution is -0.258. The first-order valence-corrected chi connectivity index (χ1v) is 15.4. The average molecular weight is 579 g/mol. The molecule has 1 saturated carbocycles. The zero-order chi connectivity index (χ0) is 27.3. The van der Waals surface area contributed by atoms with Crippen LogP contribution in [0.2, 0.25) is 0 Å². The summed E-state index contributed by atoms with van der Waals surface area (Å²) < 4.78 is 70.2. The Morgan fingerprint density at radius 2 is 1.84 bits per heavy atom. The highest BCUT2D eigenvalue weighted by Crippen LogP contribution is 2.43. The summed E-state index contributed by atoms with van der Waals surface area (Å²) in [5.74, 6) is 0. The van der Waals surface area contributed by atoms with Gasteiger partial charge in [-0.2, -0.15) is 13.2 Å². The summed E-state index contributed by atoms with van der Waals surface area (Å²) in [7, 11) is -3.54. The molecule has 38 heavy (non-hydrogen) atoms. The molecule has 0 spiro atoms. The fourth-order valence-corrected chi connectivity index (χ4v) is 7.79. The van der Waals surface area contributed by atoms with Crippen LogP contribution in [0.25, 0.3) is 21.3 Å². The molecular formula is C27H25F3N2O3S3. The molecule has 2 heterocycles. The SMILES string of the molecule is CSc1ccccc1[C@@H](NS(=O)(=O)C1CC1)c1cc2cccc(-c3cc([C@@](C)(O)C(F)(F)F)ccn3)c2s1. The monoisotopic (exact) mass is 578 g/mol. The van der Waals surface area contributed by atoms with Crippen molar-refractivity contribution < 1.29 is 26.7 Å². The van der Waals surface area contributed by atoms with Gasteiger partial charge in [0.25, 0.3) is 0 Å². The molecule has 1 aliphatic carbocycles. The van der Waals surface area contributed by atoms with Crippen molar-refractivity contribution in [1.82, 2.24) is 9.71 Å². The molecule has 200 valence electrons. The second-order valence-electron chi connectivity index (χ2n) is 9.41. The number of pyridine rings is 1. The predicted octanol–water partition coefficient (Wildman–Crippen LogP) is 6.63. The van der Waals surface area contributed by atoms with Crippen molar-refractivity contribution in [1.29, 1.82) is 0 Å². The molecule has 2 N–H and O–H groups in total. The number of nitrogens with one attached hydrogen (secondary N) is 1. The number of hydrogen-bond donors (Lipinski definition) is 2. The Labute approximate surface area is 227 Å². The van der Waals surface area contributed by atoms with Gasteiger partial charge in [-0.15, -0.1) is 23.1 Å². The van der Waals surface area contributed by atoms with Crippen molar-refractivity contribution in [2.45, 2.75) is 47.7 Å². The van der Waals surface area contributed by atoms with Gasteiger partial charge in [-0.1, -0.05) is 36.4 Å². The van der Waals surface area contributed by atoms with Gasteiger partial charge in [0.15, 0.2) is 5.60 Å². The van der Waals surface area contributed by atoms with Gasteiger partial charge in [-0.05, 0) is 66.8 Å². The normalized spacial score (nSPS) is 16.9. The topological polar surface area (TPSA) is 79.3 Å². The van der Waals surface area contributed by atoms with E-state index < -0.39 is 33.1 Å². The van der Waals surface area contributed by atoms with Crippen molar-refractivity contribution in [3.8, 4) is 11.3 Å². The molecule has 4 aromatic rings. The number of thioether (sulfide) groups is 1. The van der Waals surface area contributed by atoms with Crippen molar-refractivity contribution in [2.75, 3.05) is 6.26 Å². The minimum absolute atomic E-state index is 0.283. The first-order chi connectivity index (χ1) is 17.9. The summed E-state index contributed by atoms with van der Waals surface area (Å²) in [5, 5.41) is 10.6. The number of hydrogen-bond acceptors (Lipinski definition) is 6. The van der Waals surface area contributed by atoms with E-state index in [1.165, 1.54) is 35.4 Å². The highest BCUT2D eigenvalue weighted by atomic mass is 32.2. The van der Waals surface area contributed by atoms with E-state index in [-0.39, 0.29) is 11.3 Å². The molecule has 5 rings (SSSR count). The molecule has 1 fully saturated rings. The molecule has 0 amide bonds. The number of benzene rings is 2. The number of rotatable bonds is 8. The number of aromatic nitrogens is 1. The number of fused-ring (bicyclic) bond motifs is 1.